The third-order valence-electron chi connectivity index (χ3n) is 6.94. The van der Waals surface area contributed by atoms with Crippen LogP contribution in [0.4, 0.5) is 25.0 Å². The van der Waals surface area contributed by atoms with Crippen LogP contribution in [-0.4, -0.2) is 39.0 Å². The molecule has 0 aromatic heterocycles. The molecule has 0 aliphatic carbocycles. The maximum atomic E-state index is 13.5. The summed E-state index contributed by atoms with van der Waals surface area (Å²) in [5.74, 6) is 0. The lowest BCUT2D eigenvalue weighted by atomic mass is 9.74. The van der Waals surface area contributed by atoms with Crippen LogP contribution in [-0.2, 0) is 15.4 Å². The number of likely N-dealkylation sites (tertiary alicyclic amines) is 1. The molecule has 182 valence electrons. The number of carbonyl (C=O) groups is 1. The van der Waals surface area contributed by atoms with Gasteiger partial charge < -0.3 is 10.2 Å². The number of alkyl halides is 2. The number of sulfonamides is 1. The molecule has 0 atom stereocenters. The maximum absolute atomic E-state index is 13.5. The monoisotopic (exact) mass is 497 g/mol. The first kappa shape index (κ1) is 23.3. The molecular formula is C26H25F2N3O3S. The molecule has 0 unspecified atom stereocenters. The highest BCUT2D eigenvalue weighted by Crippen LogP contribution is 2.48. The van der Waals surface area contributed by atoms with E-state index in [0.29, 0.717) is 31.6 Å². The van der Waals surface area contributed by atoms with Crippen LogP contribution < -0.4 is 9.62 Å². The molecule has 6 nitrogen and oxygen atoms in total. The van der Waals surface area contributed by atoms with E-state index in [2.05, 4.69) is 5.32 Å². The maximum Gasteiger partial charge on any atom is 0.321 e. The average molecular weight is 498 g/mol. The summed E-state index contributed by atoms with van der Waals surface area (Å²) in [6.45, 7) is 1.23. The third-order valence-corrected chi connectivity index (χ3v) is 8.72. The minimum atomic E-state index is -3.94. The van der Waals surface area contributed by atoms with E-state index in [4.69, 9.17) is 0 Å². The van der Waals surface area contributed by atoms with Crippen molar-refractivity contribution >= 4 is 27.4 Å². The van der Waals surface area contributed by atoms with Crippen LogP contribution in [0.2, 0.25) is 0 Å². The number of piperidine rings is 1. The lowest BCUT2D eigenvalue weighted by Crippen LogP contribution is -2.48. The number of rotatable bonds is 4. The predicted octanol–water partition coefficient (Wildman–Crippen LogP) is 5.40. The summed E-state index contributed by atoms with van der Waals surface area (Å²) in [6, 6.07) is 21.3. The second kappa shape index (κ2) is 8.96. The van der Waals surface area contributed by atoms with Crippen LogP contribution in [0.5, 0.6) is 0 Å². The summed E-state index contributed by atoms with van der Waals surface area (Å²) in [4.78, 5) is 14.5. The number of amides is 2. The van der Waals surface area contributed by atoms with Gasteiger partial charge >= 0.3 is 6.03 Å². The molecule has 0 radical (unpaired) electrons. The van der Waals surface area contributed by atoms with Crippen LogP contribution in [0.3, 0.4) is 0 Å². The van der Waals surface area contributed by atoms with Gasteiger partial charge in [-0.2, -0.15) is 0 Å². The number of carbonyl (C=O) groups excluding carboxylic acids is 1. The number of para-hydroxylation sites is 2. The zero-order valence-electron chi connectivity index (χ0n) is 18.9. The molecule has 1 fully saturated rings. The number of hydrogen-bond acceptors (Lipinski definition) is 3. The van der Waals surface area contributed by atoms with Crippen LogP contribution in [0.15, 0.2) is 83.8 Å². The summed E-state index contributed by atoms with van der Waals surface area (Å²) < 4.78 is 54.4. The van der Waals surface area contributed by atoms with Crippen molar-refractivity contribution < 1.29 is 22.0 Å². The van der Waals surface area contributed by atoms with Crippen LogP contribution in [0.25, 0.3) is 0 Å². The van der Waals surface area contributed by atoms with Crippen molar-refractivity contribution in [3.63, 3.8) is 0 Å². The van der Waals surface area contributed by atoms with Gasteiger partial charge in [-0.3, -0.25) is 4.31 Å². The topological polar surface area (TPSA) is 69.7 Å². The number of fused-ring (bicyclic) bond motifs is 2. The largest absolute Gasteiger partial charge is 0.324 e. The summed E-state index contributed by atoms with van der Waals surface area (Å²) in [5.41, 5.74) is 1.63. The Morgan fingerprint density at radius 1 is 0.886 bits per heavy atom. The number of halogens is 2. The molecule has 3 aromatic rings. The van der Waals surface area contributed by atoms with Gasteiger partial charge in [-0.15, -0.1) is 0 Å². The minimum Gasteiger partial charge on any atom is -0.324 e. The lowest BCUT2D eigenvalue weighted by molar-refractivity contribution is 0.151. The van der Waals surface area contributed by atoms with Gasteiger partial charge in [0.05, 0.1) is 10.6 Å². The van der Waals surface area contributed by atoms with Crippen molar-refractivity contribution in [2.24, 2.45) is 0 Å². The summed E-state index contributed by atoms with van der Waals surface area (Å²) >= 11 is 0. The van der Waals surface area contributed by atoms with Crippen LogP contribution in [0, 0.1) is 0 Å². The lowest BCUT2D eigenvalue weighted by Gasteiger charge is -2.39. The van der Waals surface area contributed by atoms with E-state index in [-0.39, 0.29) is 23.0 Å². The number of nitrogens with zero attached hydrogens (tertiary/aromatic N) is 2. The smallest absolute Gasteiger partial charge is 0.321 e. The zero-order valence-corrected chi connectivity index (χ0v) is 19.7. The van der Waals surface area contributed by atoms with Crippen LogP contribution in [0.1, 0.15) is 30.4 Å². The summed E-state index contributed by atoms with van der Waals surface area (Å²) in [6.07, 6.45) is -1.43. The van der Waals surface area contributed by atoms with Crippen molar-refractivity contribution in [3.05, 3.63) is 90.0 Å². The van der Waals surface area contributed by atoms with Gasteiger partial charge in [0.25, 0.3) is 16.4 Å². The van der Waals surface area contributed by atoms with Crippen molar-refractivity contribution in [3.8, 4) is 0 Å². The number of urea groups is 1. The fourth-order valence-corrected chi connectivity index (χ4v) is 6.57. The van der Waals surface area contributed by atoms with Gasteiger partial charge in [0.1, 0.15) is 0 Å². The van der Waals surface area contributed by atoms with E-state index in [0.717, 1.165) is 23.4 Å². The van der Waals surface area contributed by atoms with E-state index in [1.807, 2.05) is 42.5 Å². The molecule has 35 heavy (non-hydrogen) atoms. The van der Waals surface area contributed by atoms with Gasteiger partial charge in [-0.25, -0.2) is 22.0 Å². The van der Waals surface area contributed by atoms with Crippen molar-refractivity contribution in [2.45, 2.75) is 29.6 Å². The Hall–Kier alpha value is -3.46. The third kappa shape index (κ3) is 4.25. The van der Waals surface area contributed by atoms with E-state index >= 15 is 0 Å². The van der Waals surface area contributed by atoms with Gasteiger partial charge in [-0.1, -0.05) is 48.5 Å². The Bertz CT molecular complexity index is 1320. The molecular weight excluding hydrogens is 472 g/mol. The molecule has 0 saturated carbocycles. The number of anilines is 2. The van der Waals surface area contributed by atoms with E-state index in [1.165, 1.54) is 16.4 Å². The first-order valence-corrected chi connectivity index (χ1v) is 12.9. The Balaban J connectivity index is 1.37. The molecule has 1 N–H and O–H groups in total. The van der Waals surface area contributed by atoms with Gasteiger partial charge in [-0.05, 0) is 48.7 Å². The zero-order chi connectivity index (χ0) is 24.6. The van der Waals surface area contributed by atoms with E-state index < -0.39 is 21.9 Å². The molecule has 2 heterocycles. The molecule has 1 saturated heterocycles. The van der Waals surface area contributed by atoms with Crippen molar-refractivity contribution in [1.29, 1.82) is 0 Å². The fraction of sp³-hybridized carbons (Fsp3) is 0.269. The Labute approximate surface area is 203 Å². The first-order chi connectivity index (χ1) is 16.8. The first-order valence-electron chi connectivity index (χ1n) is 11.4. The molecule has 2 aliphatic rings. The molecule has 1 spiro atoms. The predicted molar refractivity (Wildman–Crippen MR) is 130 cm³/mol. The molecule has 9 heteroatoms. The summed E-state index contributed by atoms with van der Waals surface area (Å²) in [5, 5.41) is 2.90. The SMILES string of the molecule is O=C(Nc1ccccc1)N1CCC2(CC1)CN(S(=O)(=O)c1ccc(C(F)F)cc1)c1ccccc12. The number of nitrogens with one attached hydrogen (secondary N) is 1. The highest BCUT2D eigenvalue weighted by molar-refractivity contribution is 7.92. The van der Waals surface area contributed by atoms with E-state index in [9.17, 15) is 22.0 Å². The molecule has 2 aliphatic heterocycles. The fourth-order valence-electron chi connectivity index (χ4n) is 5.00. The Kier molecular flexibility index (Phi) is 5.96. The molecule has 2 amide bonds. The van der Waals surface area contributed by atoms with E-state index in [1.54, 1.807) is 17.0 Å². The molecule has 5 rings (SSSR count). The van der Waals surface area contributed by atoms with Crippen molar-refractivity contribution in [2.75, 3.05) is 29.3 Å². The normalized spacial score (nSPS) is 17.0. The second-order valence-electron chi connectivity index (χ2n) is 8.96. The molecule has 0 bridgehead atoms. The quantitative estimate of drug-likeness (QED) is 0.525. The Morgan fingerprint density at radius 3 is 2.17 bits per heavy atom. The van der Waals surface area contributed by atoms with Gasteiger partial charge in [0.2, 0.25) is 0 Å². The standard InChI is InChI=1S/C26H25F2N3O3S/c27-24(28)19-10-12-21(13-11-19)35(33,34)31-18-26(22-8-4-5-9-23(22)31)14-16-30(17-15-26)25(32)29-20-6-2-1-3-7-20/h1-13,24H,14-18H2,(H,29,32). The van der Waals surface area contributed by atoms with Gasteiger partial charge in [0.15, 0.2) is 0 Å². The second-order valence-corrected chi connectivity index (χ2v) is 10.8. The van der Waals surface area contributed by atoms with Crippen molar-refractivity contribution in [1.82, 2.24) is 4.90 Å². The summed E-state index contributed by atoms with van der Waals surface area (Å²) in [7, 11) is -3.94. The minimum absolute atomic E-state index is 0.0200. The number of hydrogen-bond donors (Lipinski definition) is 1. The molecule has 3 aromatic carbocycles. The number of benzene rings is 3. The highest BCUT2D eigenvalue weighted by Gasteiger charge is 2.48. The van der Waals surface area contributed by atoms with Gasteiger partial charge in [0, 0.05) is 36.3 Å². The average Bonchev–Trinajstić information content (AvgIpc) is 3.20. The van der Waals surface area contributed by atoms with Crippen LogP contribution >= 0.6 is 0 Å². The Morgan fingerprint density at radius 2 is 1.51 bits per heavy atom. The highest BCUT2D eigenvalue weighted by atomic mass is 32.2.